The summed E-state index contributed by atoms with van der Waals surface area (Å²) in [7, 11) is 1.52. The third kappa shape index (κ3) is 4.88. The summed E-state index contributed by atoms with van der Waals surface area (Å²) in [5.74, 6) is -0.678. The summed E-state index contributed by atoms with van der Waals surface area (Å²) in [6, 6.07) is 4.32. The van der Waals surface area contributed by atoms with Crippen LogP contribution >= 0.6 is 23.1 Å². The Bertz CT molecular complexity index is 938. The van der Waals surface area contributed by atoms with Gasteiger partial charge in [0, 0.05) is 11.5 Å². The van der Waals surface area contributed by atoms with Gasteiger partial charge in [-0.15, -0.1) is 11.8 Å². The van der Waals surface area contributed by atoms with Crippen molar-refractivity contribution in [3.63, 3.8) is 0 Å². The second kappa shape index (κ2) is 9.27. The van der Waals surface area contributed by atoms with Crippen LogP contribution in [-0.4, -0.2) is 41.2 Å². The number of nitrogens with one attached hydrogen (secondary N) is 2. The Labute approximate surface area is 176 Å². The minimum Gasteiger partial charge on any atom is -0.497 e. The van der Waals surface area contributed by atoms with E-state index in [0.29, 0.717) is 21.2 Å². The lowest BCUT2D eigenvalue weighted by atomic mass is 9.95. The van der Waals surface area contributed by atoms with Gasteiger partial charge in [-0.25, -0.2) is 14.6 Å². The average molecular weight is 436 g/mol. The monoisotopic (exact) mass is 435 g/mol. The molecule has 0 bridgehead atoms. The molecule has 0 unspecified atom stereocenters. The van der Waals surface area contributed by atoms with Crippen molar-refractivity contribution in [3.8, 4) is 5.75 Å². The van der Waals surface area contributed by atoms with Crippen molar-refractivity contribution in [2.24, 2.45) is 5.92 Å². The van der Waals surface area contributed by atoms with Crippen LogP contribution in [0.3, 0.4) is 0 Å². The third-order valence-electron chi connectivity index (χ3n) is 4.67. The first kappa shape index (κ1) is 21.1. The number of ketones is 1. The molecule has 0 saturated heterocycles. The second-order valence-electron chi connectivity index (χ2n) is 6.50. The van der Waals surface area contributed by atoms with E-state index in [4.69, 9.17) is 4.74 Å². The topological polar surface area (TPSA) is 118 Å². The Kier molecular flexibility index (Phi) is 6.75. The summed E-state index contributed by atoms with van der Waals surface area (Å²) in [6.45, 7) is 0. The molecule has 2 amide bonds. The van der Waals surface area contributed by atoms with E-state index >= 15 is 0 Å². The van der Waals surface area contributed by atoms with Gasteiger partial charge in [0.15, 0.2) is 16.6 Å². The van der Waals surface area contributed by atoms with E-state index in [1.165, 1.54) is 18.9 Å². The Morgan fingerprint density at radius 2 is 1.97 bits per heavy atom. The van der Waals surface area contributed by atoms with Gasteiger partial charge in [-0.2, -0.15) is 0 Å². The zero-order valence-corrected chi connectivity index (χ0v) is 17.6. The molecule has 0 spiro atoms. The summed E-state index contributed by atoms with van der Waals surface area (Å²) in [4.78, 5) is 40.6. The van der Waals surface area contributed by atoms with E-state index in [0.717, 1.165) is 37.0 Å². The first-order valence-electron chi connectivity index (χ1n) is 9.01. The number of carboxylic acid groups (broad SMARTS) is 1. The number of amides is 2. The zero-order chi connectivity index (χ0) is 21.0. The Hall–Kier alpha value is -2.59. The number of hydrogen-bond donors (Lipinski definition) is 3. The number of carbonyl (C=O) groups excluding carboxylic acids is 2. The summed E-state index contributed by atoms with van der Waals surface area (Å²) in [5.41, 5.74) is 0.682. The van der Waals surface area contributed by atoms with E-state index in [1.54, 1.807) is 24.5 Å². The van der Waals surface area contributed by atoms with Crippen molar-refractivity contribution in [2.45, 2.75) is 29.9 Å². The molecule has 2 aromatic rings. The fraction of sp³-hybridized carbons (Fsp3) is 0.368. The zero-order valence-electron chi connectivity index (χ0n) is 16.0. The van der Waals surface area contributed by atoms with Gasteiger partial charge in [0.2, 0.25) is 0 Å². The second-order valence-corrected chi connectivity index (χ2v) is 8.57. The molecule has 1 saturated carbocycles. The molecule has 1 heterocycles. The van der Waals surface area contributed by atoms with Gasteiger partial charge >= 0.3 is 12.0 Å². The van der Waals surface area contributed by atoms with E-state index in [2.05, 4.69) is 15.6 Å². The van der Waals surface area contributed by atoms with Gasteiger partial charge in [-0.05, 0) is 37.3 Å². The molecule has 1 aliphatic carbocycles. The molecule has 154 valence electrons. The van der Waals surface area contributed by atoms with Gasteiger partial charge in [0.05, 0.1) is 17.0 Å². The van der Waals surface area contributed by atoms with Crippen molar-refractivity contribution >= 4 is 51.7 Å². The molecular formula is C19H21N3O5S2. The van der Waals surface area contributed by atoms with Gasteiger partial charge < -0.3 is 15.2 Å². The Morgan fingerprint density at radius 1 is 1.24 bits per heavy atom. The number of thioether (sulfide) groups is 1. The highest BCUT2D eigenvalue weighted by Gasteiger charge is 2.27. The van der Waals surface area contributed by atoms with Crippen molar-refractivity contribution < 1.29 is 24.2 Å². The molecule has 1 fully saturated rings. The molecule has 1 aromatic heterocycles. The number of methoxy groups -OCH3 is 1. The highest BCUT2D eigenvalue weighted by Crippen LogP contribution is 2.33. The average Bonchev–Trinajstić information content (AvgIpc) is 3.37. The molecule has 0 radical (unpaired) electrons. The first-order valence-corrected chi connectivity index (χ1v) is 11.1. The van der Waals surface area contributed by atoms with Gasteiger partial charge in [0.25, 0.3) is 0 Å². The number of rotatable bonds is 7. The third-order valence-corrected chi connectivity index (χ3v) is 6.75. The molecule has 3 N–H and O–H groups in total. The molecule has 8 nitrogen and oxygen atoms in total. The predicted molar refractivity (Wildman–Crippen MR) is 113 cm³/mol. The number of hydrogen-bond acceptors (Lipinski definition) is 7. The molecular weight excluding hydrogens is 414 g/mol. The van der Waals surface area contributed by atoms with Gasteiger partial charge in [-0.3, -0.25) is 10.1 Å². The number of ether oxygens (including phenoxy) is 1. The number of aromatic nitrogens is 1. The standard InChI is InChI=1S/C19H21N3O5S2/c1-27-11-7-8-13(12(9-11)15(23)10-5-3-4-6-10)20-18(26)22-19-21-14(16(24)25)17(28-2)29-19/h7-10H,3-6H2,1-2H3,(H,24,25)(H2,20,21,22,26). The molecule has 0 atom stereocenters. The highest BCUT2D eigenvalue weighted by atomic mass is 32.2. The van der Waals surface area contributed by atoms with E-state index in [1.807, 2.05) is 0 Å². The predicted octanol–water partition coefficient (Wildman–Crippen LogP) is 4.59. The molecule has 1 aliphatic rings. The van der Waals surface area contributed by atoms with Crippen LogP contribution in [0.2, 0.25) is 0 Å². The maximum atomic E-state index is 12.9. The fourth-order valence-corrected chi connectivity index (χ4v) is 4.84. The van der Waals surface area contributed by atoms with Gasteiger partial charge in [-0.1, -0.05) is 24.2 Å². The van der Waals surface area contributed by atoms with Crippen molar-refractivity contribution in [1.82, 2.24) is 4.98 Å². The van der Waals surface area contributed by atoms with Crippen molar-refractivity contribution in [3.05, 3.63) is 29.5 Å². The first-order chi connectivity index (χ1) is 13.9. The summed E-state index contributed by atoms with van der Waals surface area (Å²) >= 11 is 2.32. The normalized spacial score (nSPS) is 13.9. The lowest BCUT2D eigenvalue weighted by Crippen LogP contribution is -2.22. The number of benzene rings is 1. The van der Waals surface area contributed by atoms with Crippen molar-refractivity contribution in [1.29, 1.82) is 0 Å². The van der Waals surface area contributed by atoms with Crippen molar-refractivity contribution in [2.75, 3.05) is 24.0 Å². The molecule has 3 rings (SSSR count). The number of nitrogens with zero attached hydrogens (tertiary/aromatic N) is 1. The van der Waals surface area contributed by atoms with Crippen LogP contribution in [0.25, 0.3) is 0 Å². The van der Waals surface area contributed by atoms with Crippen LogP contribution < -0.4 is 15.4 Å². The largest absolute Gasteiger partial charge is 0.497 e. The van der Waals surface area contributed by atoms with Crippen LogP contribution in [0.15, 0.2) is 22.4 Å². The number of carbonyl (C=O) groups is 3. The Morgan fingerprint density at radius 3 is 2.55 bits per heavy atom. The van der Waals surface area contributed by atoms with E-state index < -0.39 is 12.0 Å². The molecule has 10 heteroatoms. The quantitative estimate of drug-likeness (QED) is 0.430. The maximum Gasteiger partial charge on any atom is 0.356 e. The molecule has 1 aromatic carbocycles. The van der Waals surface area contributed by atoms with E-state index in [-0.39, 0.29) is 22.5 Å². The van der Waals surface area contributed by atoms with Crippen LogP contribution in [0.1, 0.15) is 46.5 Å². The van der Waals surface area contributed by atoms with Gasteiger partial charge in [0.1, 0.15) is 5.75 Å². The molecule has 29 heavy (non-hydrogen) atoms. The Balaban J connectivity index is 1.79. The molecule has 0 aliphatic heterocycles. The number of anilines is 2. The van der Waals surface area contributed by atoms with Crippen LogP contribution in [-0.2, 0) is 0 Å². The number of aromatic carboxylic acids is 1. The number of carboxylic acids is 1. The SMILES string of the molecule is COc1ccc(NC(=O)Nc2nc(C(=O)O)c(SC)s2)c(C(=O)C2CCCC2)c1. The lowest BCUT2D eigenvalue weighted by molar-refractivity contribution is 0.0687. The lowest BCUT2D eigenvalue weighted by Gasteiger charge is -2.15. The van der Waals surface area contributed by atoms with Crippen LogP contribution in [0.4, 0.5) is 15.6 Å². The van der Waals surface area contributed by atoms with E-state index in [9.17, 15) is 19.5 Å². The number of urea groups is 1. The minimum atomic E-state index is -1.15. The smallest absolute Gasteiger partial charge is 0.356 e. The summed E-state index contributed by atoms with van der Waals surface area (Å²) in [5, 5.41) is 14.6. The van der Waals surface area contributed by atoms with Crippen LogP contribution in [0.5, 0.6) is 5.75 Å². The number of Topliss-reactive ketones (excluding diaryl/α,β-unsaturated/α-hetero) is 1. The maximum absolute atomic E-state index is 12.9. The number of thiazole rings is 1. The summed E-state index contributed by atoms with van der Waals surface area (Å²) in [6.07, 6.45) is 5.48. The summed E-state index contributed by atoms with van der Waals surface area (Å²) < 4.78 is 5.72. The minimum absolute atomic E-state index is 0.0104. The highest BCUT2D eigenvalue weighted by molar-refractivity contribution is 8.00. The fourth-order valence-electron chi connectivity index (χ4n) is 3.25. The van der Waals surface area contributed by atoms with Crippen LogP contribution in [0, 0.1) is 5.92 Å².